The predicted octanol–water partition coefficient (Wildman–Crippen LogP) is 3.90. The lowest BCUT2D eigenvalue weighted by Crippen LogP contribution is -2.44. The number of amides is 2. The number of rotatable bonds is 6. The van der Waals surface area contributed by atoms with Crippen molar-refractivity contribution in [2.24, 2.45) is 5.92 Å². The summed E-state index contributed by atoms with van der Waals surface area (Å²) in [6.45, 7) is 1.76. The predicted molar refractivity (Wildman–Crippen MR) is 123 cm³/mol. The smallest absolute Gasteiger partial charge is 0.319 e. The molecule has 0 spiro atoms. The fourth-order valence-corrected chi connectivity index (χ4v) is 4.47. The van der Waals surface area contributed by atoms with E-state index in [1.165, 1.54) is 18.2 Å². The van der Waals surface area contributed by atoms with E-state index in [1.807, 2.05) is 6.07 Å². The van der Waals surface area contributed by atoms with Gasteiger partial charge in [-0.3, -0.25) is 14.4 Å². The molecule has 0 radical (unpaired) electrons. The van der Waals surface area contributed by atoms with Crippen molar-refractivity contribution in [1.82, 2.24) is 5.32 Å². The minimum absolute atomic E-state index is 0.0106. The number of hydrogen-bond acceptors (Lipinski definition) is 6. The molecule has 2 atom stereocenters. The van der Waals surface area contributed by atoms with Gasteiger partial charge in [0.2, 0.25) is 11.8 Å². The Morgan fingerprint density at radius 1 is 1.27 bits per heavy atom. The van der Waals surface area contributed by atoms with Crippen LogP contribution in [0.4, 0.5) is 10.1 Å². The molecule has 2 aromatic rings. The van der Waals surface area contributed by atoms with Crippen molar-refractivity contribution in [1.29, 1.82) is 5.26 Å². The van der Waals surface area contributed by atoms with Crippen LogP contribution in [0.5, 0.6) is 0 Å². The first-order valence-corrected chi connectivity index (χ1v) is 11.1. The van der Waals surface area contributed by atoms with Crippen LogP contribution >= 0.6 is 23.4 Å². The van der Waals surface area contributed by atoms with Gasteiger partial charge >= 0.3 is 5.97 Å². The third-order valence-corrected chi connectivity index (χ3v) is 6.54. The average Bonchev–Trinajstić information content (AvgIpc) is 2.80. The van der Waals surface area contributed by atoms with E-state index in [2.05, 4.69) is 10.6 Å². The zero-order chi connectivity index (χ0) is 24.1. The van der Waals surface area contributed by atoms with Gasteiger partial charge in [-0.2, -0.15) is 5.26 Å². The van der Waals surface area contributed by atoms with Crippen molar-refractivity contribution >= 4 is 46.8 Å². The Morgan fingerprint density at radius 2 is 2.00 bits per heavy atom. The molecule has 0 aromatic heterocycles. The van der Waals surface area contributed by atoms with E-state index in [1.54, 1.807) is 31.2 Å². The maximum atomic E-state index is 14.6. The number of thioether (sulfide) groups is 1. The first kappa shape index (κ1) is 24.3. The lowest BCUT2D eigenvalue weighted by molar-refractivity contribution is -0.150. The van der Waals surface area contributed by atoms with E-state index in [9.17, 15) is 24.0 Å². The standard InChI is InChI=1S/C23H19ClFN3O4S/c1-12-15(24)7-5-9-17(12)27-18(29)11-33-22-14(10-26)19(13-6-3-4-8-16(13)25)20(21(30)28-22)23(31)32-2/h3-9,19-20H,11H2,1-2H3,(H,27,29)(H,28,30)/t19-,20-/m0/s1. The number of nitriles is 1. The average molecular weight is 488 g/mol. The highest BCUT2D eigenvalue weighted by atomic mass is 35.5. The highest BCUT2D eigenvalue weighted by Crippen LogP contribution is 2.41. The lowest BCUT2D eigenvalue weighted by Gasteiger charge is -2.31. The summed E-state index contributed by atoms with van der Waals surface area (Å²) in [6, 6.07) is 12.6. The Balaban J connectivity index is 1.91. The van der Waals surface area contributed by atoms with E-state index in [0.29, 0.717) is 16.3 Å². The summed E-state index contributed by atoms with van der Waals surface area (Å²) in [5.41, 5.74) is 1.20. The Kier molecular flexibility index (Phi) is 7.74. The maximum absolute atomic E-state index is 14.6. The van der Waals surface area contributed by atoms with E-state index in [0.717, 1.165) is 18.9 Å². The van der Waals surface area contributed by atoms with E-state index in [-0.39, 0.29) is 21.9 Å². The van der Waals surface area contributed by atoms with Crippen molar-refractivity contribution < 1.29 is 23.5 Å². The second kappa shape index (κ2) is 10.5. The first-order valence-electron chi connectivity index (χ1n) is 9.73. The monoisotopic (exact) mass is 487 g/mol. The van der Waals surface area contributed by atoms with Crippen LogP contribution in [0.3, 0.4) is 0 Å². The van der Waals surface area contributed by atoms with Crippen LogP contribution in [0.15, 0.2) is 53.1 Å². The van der Waals surface area contributed by atoms with E-state index >= 15 is 0 Å². The summed E-state index contributed by atoms with van der Waals surface area (Å²) in [5, 5.41) is 15.6. The summed E-state index contributed by atoms with van der Waals surface area (Å²) < 4.78 is 19.3. The number of anilines is 1. The van der Waals surface area contributed by atoms with Crippen molar-refractivity contribution in [3.63, 3.8) is 0 Å². The molecule has 0 saturated carbocycles. The van der Waals surface area contributed by atoms with Gasteiger partial charge in [-0.1, -0.05) is 47.6 Å². The van der Waals surface area contributed by atoms with Crippen LogP contribution in [0.1, 0.15) is 17.0 Å². The quantitative estimate of drug-likeness (QED) is 0.472. The van der Waals surface area contributed by atoms with Gasteiger partial charge < -0.3 is 15.4 Å². The number of carbonyl (C=O) groups is 3. The molecule has 0 fully saturated rings. The number of esters is 1. The molecule has 2 N–H and O–H groups in total. The van der Waals surface area contributed by atoms with Crippen molar-refractivity contribution in [2.45, 2.75) is 12.8 Å². The third-order valence-electron chi connectivity index (χ3n) is 5.11. The second-order valence-electron chi connectivity index (χ2n) is 7.09. The number of methoxy groups -OCH3 is 1. The lowest BCUT2D eigenvalue weighted by atomic mass is 9.78. The van der Waals surface area contributed by atoms with Crippen molar-refractivity contribution in [2.75, 3.05) is 18.2 Å². The summed E-state index contributed by atoms with van der Waals surface area (Å²) in [6.07, 6.45) is 0. The molecule has 1 aliphatic heterocycles. The maximum Gasteiger partial charge on any atom is 0.319 e. The van der Waals surface area contributed by atoms with Gasteiger partial charge in [0, 0.05) is 16.6 Å². The molecule has 0 saturated heterocycles. The Labute approximate surface area is 198 Å². The molecular formula is C23H19ClFN3O4S. The highest BCUT2D eigenvalue weighted by Gasteiger charge is 2.45. The normalized spacial score (nSPS) is 17.7. The number of benzene rings is 2. The summed E-state index contributed by atoms with van der Waals surface area (Å²) >= 11 is 6.97. The molecule has 170 valence electrons. The largest absolute Gasteiger partial charge is 0.468 e. The Morgan fingerprint density at radius 3 is 2.67 bits per heavy atom. The summed E-state index contributed by atoms with van der Waals surface area (Å²) in [7, 11) is 1.11. The van der Waals surface area contributed by atoms with Gasteiger partial charge in [-0.15, -0.1) is 0 Å². The third kappa shape index (κ3) is 5.18. The Bertz CT molecular complexity index is 1190. The molecule has 3 rings (SSSR count). The fourth-order valence-electron chi connectivity index (χ4n) is 3.45. The molecular weight excluding hydrogens is 469 g/mol. The van der Waals surface area contributed by atoms with Crippen molar-refractivity contribution in [3.8, 4) is 6.07 Å². The van der Waals surface area contributed by atoms with Gasteiger partial charge in [-0.25, -0.2) is 4.39 Å². The molecule has 0 aliphatic carbocycles. The number of allylic oxidation sites excluding steroid dienone is 1. The summed E-state index contributed by atoms with van der Waals surface area (Å²) in [5.74, 6) is -5.51. The van der Waals surface area contributed by atoms with Crippen LogP contribution in [0.25, 0.3) is 0 Å². The molecule has 1 aliphatic rings. The number of nitrogens with zero attached hydrogens (tertiary/aromatic N) is 1. The minimum Gasteiger partial charge on any atom is -0.468 e. The number of ether oxygens (including phenoxy) is 1. The zero-order valence-corrected chi connectivity index (χ0v) is 19.2. The van der Waals surface area contributed by atoms with Crippen LogP contribution in [0, 0.1) is 30.0 Å². The topological polar surface area (TPSA) is 108 Å². The number of nitrogens with one attached hydrogen (secondary N) is 2. The molecule has 0 bridgehead atoms. The molecule has 33 heavy (non-hydrogen) atoms. The van der Waals surface area contributed by atoms with Crippen LogP contribution in [0.2, 0.25) is 5.02 Å². The molecule has 10 heteroatoms. The second-order valence-corrected chi connectivity index (χ2v) is 8.49. The highest BCUT2D eigenvalue weighted by molar-refractivity contribution is 8.03. The van der Waals surface area contributed by atoms with Crippen LogP contribution in [-0.4, -0.2) is 30.6 Å². The Hall–Kier alpha value is -3.35. The fraction of sp³-hybridized carbons (Fsp3) is 0.217. The van der Waals surface area contributed by atoms with E-state index < -0.39 is 35.4 Å². The van der Waals surface area contributed by atoms with E-state index in [4.69, 9.17) is 16.3 Å². The molecule has 7 nitrogen and oxygen atoms in total. The van der Waals surface area contributed by atoms with Crippen LogP contribution in [-0.2, 0) is 19.1 Å². The minimum atomic E-state index is -1.45. The molecule has 0 unspecified atom stereocenters. The zero-order valence-electron chi connectivity index (χ0n) is 17.6. The van der Waals surface area contributed by atoms with Crippen molar-refractivity contribution in [3.05, 3.63) is 75.0 Å². The van der Waals surface area contributed by atoms with Gasteiger partial charge in [0.15, 0.2) is 0 Å². The van der Waals surface area contributed by atoms with Crippen LogP contribution < -0.4 is 10.6 Å². The van der Waals surface area contributed by atoms with Gasteiger partial charge in [0.25, 0.3) is 0 Å². The van der Waals surface area contributed by atoms with Gasteiger partial charge in [0.1, 0.15) is 11.7 Å². The SMILES string of the molecule is COC(=O)[C@@H]1C(=O)NC(SCC(=O)Nc2cccc(Cl)c2C)=C(C#N)[C@@H]1c1ccccc1F. The molecule has 2 amide bonds. The van der Waals surface area contributed by atoms with Gasteiger partial charge in [0.05, 0.1) is 29.5 Å². The number of hydrogen-bond donors (Lipinski definition) is 2. The van der Waals surface area contributed by atoms with Gasteiger partial charge in [-0.05, 0) is 36.2 Å². The number of halogens is 2. The summed E-state index contributed by atoms with van der Waals surface area (Å²) in [4.78, 5) is 37.6. The number of carbonyl (C=O) groups excluding carboxylic acids is 3. The molecule has 1 heterocycles. The molecule has 2 aromatic carbocycles. The first-order chi connectivity index (χ1) is 15.8.